The molecule has 0 aromatic heterocycles. The smallest absolute Gasteiger partial charge is 0.407 e. The van der Waals surface area contributed by atoms with E-state index in [4.69, 9.17) is 5.11 Å². The van der Waals surface area contributed by atoms with Gasteiger partial charge in [0, 0.05) is 25.7 Å². The van der Waals surface area contributed by atoms with Gasteiger partial charge >= 0.3 is 6.09 Å². The van der Waals surface area contributed by atoms with Crippen LogP contribution in [-0.4, -0.2) is 41.8 Å². The van der Waals surface area contributed by atoms with Gasteiger partial charge in [-0.3, -0.25) is 0 Å². The highest BCUT2D eigenvalue weighted by molar-refractivity contribution is 5.66. The van der Waals surface area contributed by atoms with Gasteiger partial charge in [0.1, 0.15) is 0 Å². The SMILES string of the molecule is CCCCN(C(=O)O)C1C2CNCC21. The third kappa shape index (κ3) is 1.59. The molecule has 1 heterocycles. The van der Waals surface area contributed by atoms with Gasteiger partial charge < -0.3 is 15.3 Å². The Hall–Kier alpha value is -0.770. The summed E-state index contributed by atoms with van der Waals surface area (Å²) in [5.74, 6) is 1.20. The van der Waals surface area contributed by atoms with Crippen molar-refractivity contribution in [3.8, 4) is 0 Å². The number of amides is 1. The van der Waals surface area contributed by atoms with E-state index < -0.39 is 6.09 Å². The molecule has 1 saturated carbocycles. The Morgan fingerprint density at radius 2 is 2.14 bits per heavy atom. The summed E-state index contributed by atoms with van der Waals surface area (Å²) < 4.78 is 0. The molecule has 0 aromatic rings. The second kappa shape index (κ2) is 3.77. The van der Waals surface area contributed by atoms with E-state index >= 15 is 0 Å². The Kier molecular flexibility index (Phi) is 2.63. The number of carbonyl (C=O) groups is 1. The highest BCUT2D eigenvalue weighted by Gasteiger charge is 2.56. The lowest BCUT2D eigenvalue weighted by Gasteiger charge is -2.21. The van der Waals surface area contributed by atoms with Gasteiger partial charge in [-0.15, -0.1) is 0 Å². The number of unbranched alkanes of at least 4 members (excludes halogenated alkanes) is 1. The van der Waals surface area contributed by atoms with Gasteiger partial charge in [-0.2, -0.15) is 0 Å². The highest BCUT2D eigenvalue weighted by atomic mass is 16.4. The first kappa shape index (κ1) is 9.77. The van der Waals surface area contributed by atoms with Gasteiger partial charge in [0.15, 0.2) is 0 Å². The van der Waals surface area contributed by atoms with E-state index in [0.29, 0.717) is 24.4 Å². The lowest BCUT2D eigenvalue weighted by Crippen LogP contribution is -2.37. The third-order valence-corrected chi connectivity index (χ3v) is 3.40. The zero-order valence-electron chi connectivity index (χ0n) is 8.57. The van der Waals surface area contributed by atoms with E-state index in [9.17, 15) is 4.79 Å². The maximum absolute atomic E-state index is 11.0. The minimum absolute atomic E-state index is 0.320. The molecule has 4 nitrogen and oxygen atoms in total. The number of nitrogens with one attached hydrogen (secondary N) is 1. The predicted octanol–water partition coefficient (Wildman–Crippen LogP) is 0.984. The summed E-state index contributed by atoms with van der Waals surface area (Å²) in [6, 6.07) is 0.320. The quantitative estimate of drug-likeness (QED) is 0.708. The monoisotopic (exact) mass is 198 g/mol. The molecule has 0 aromatic carbocycles. The van der Waals surface area contributed by atoms with E-state index in [1.165, 1.54) is 0 Å². The number of carboxylic acid groups (broad SMARTS) is 1. The Bertz CT molecular complexity index is 222. The molecule has 0 bridgehead atoms. The van der Waals surface area contributed by atoms with Gasteiger partial charge in [-0.1, -0.05) is 13.3 Å². The minimum atomic E-state index is -0.738. The van der Waals surface area contributed by atoms with Crippen molar-refractivity contribution in [3.63, 3.8) is 0 Å². The Balaban J connectivity index is 1.88. The largest absolute Gasteiger partial charge is 0.465 e. The highest BCUT2D eigenvalue weighted by Crippen LogP contribution is 2.45. The van der Waals surface area contributed by atoms with E-state index in [1.807, 2.05) is 0 Å². The molecule has 2 aliphatic rings. The minimum Gasteiger partial charge on any atom is -0.465 e. The Morgan fingerprint density at radius 3 is 2.64 bits per heavy atom. The third-order valence-electron chi connectivity index (χ3n) is 3.40. The molecule has 14 heavy (non-hydrogen) atoms. The molecule has 2 N–H and O–H groups in total. The van der Waals surface area contributed by atoms with E-state index in [0.717, 1.165) is 25.9 Å². The van der Waals surface area contributed by atoms with E-state index in [1.54, 1.807) is 4.90 Å². The van der Waals surface area contributed by atoms with Gasteiger partial charge in [-0.25, -0.2) is 4.79 Å². The van der Waals surface area contributed by atoms with Crippen LogP contribution in [0.1, 0.15) is 19.8 Å². The Morgan fingerprint density at radius 1 is 1.50 bits per heavy atom. The molecule has 1 saturated heterocycles. The van der Waals surface area contributed by atoms with Crippen LogP contribution < -0.4 is 5.32 Å². The first-order valence-electron chi connectivity index (χ1n) is 5.46. The first-order chi connectivity index (χ1) is 6.75. The zero-order valence-corrected chi connectivity index (χ0v) is 8.57. The van der Waals surface area contributed by atoms with Crippen LogP contribution in [0, 0.1) is 11.8 Å². The summed E-state index contributed by atoms with van der Waals surface area (Å²) in [6.07, 6.45) is 1.30. The molecule has 0 spiro atoms. The number of nitrogens with zero attached hydrogens (tertiary/aromatic N) is 1. The standard InChI is InChI=1S/C10H18N2O2/c1-2-3-4-12(10(13)14)9-7-5-11-6-8(7)9/h7-9,11H,2-6H2,1H3,(H,13,14). The van der Waals surface area contributed by atoms with Gasteiger partial charge in [-0.05, 0) is 18.3 Å². The van der Waals surface area contributed by atoms with Crippen molar-refractivity contribution >= 4 is 6.09 Å². The average molecular weight is 198 g/mol. The summed E-state index contributed by atoms with van der Waals surface area (Å²) in [6.45, 7) is 4.81. The molecule has 1 aliphatic carbocycles. The van der Waals surface area contributed by atoms with E-state index in [-0.39, 0.29) is 0 Å². The summed E-state index contributed by atoms with van der Waals surface area (Å²) in [4.78, 5) is 12.7. The van der Waals surface area contributed by atoms with Crippen LogP contribution in [-0.2, 0) is 0 Å². The maximum atomic E-state index is 11.0. The van der Waals surface area contributed by atoms with Crippen LogP contribution in [0.2, 0.25) is 0 Å². The molecule has 2 atom stereocenters. The van der Waals surface area contributed by atoms with Crippen molar-refractivity contribution < 1.29 is 9.90 Å². The van der Waals surface area contributed by atoms with Gasteiger partial charge in [0.25, 0.3) is 0 Å². The van der Waals surface area contributed by atoms with Crippen LogP contribution in [0.5, 0.6) is 0 Å². The second-order valence-corrected chi connectivity index (χ2v) is 4.31. The number of piperidine rings is 1. The molecular weight excluding hydrogens is 180 g/mol. The van der Waals surface area contributed by atoms with Crippen molar-refractivity contribution in [2.45, 2.75) is 25.8 Å². The van der Waals surface area contributed by atoms with Crippen molar-refractivity contribution in [1.82, 2.24) is 10.2 Å². The first-order valence-corrected chi connectivity index (χ1v) is 5.46. The molecule has 1 aliphatic heterocycles. The summed E-state index contributed by atoms with van der Waals surface area (Å²) in [7, 11) is 0. The number of fused-ring (bicyclic) bond motifs is 1. The van der Waals surface area contributed by atoms with Crippen LogP contribution >= 0.6 is 0 Å². The fraction of sp³-hybridized carbons (Fsp3) is 0.900. The topological polar surface area (TPSA) is 52.6 Å². The summed E-state index contributed by atoms with van der Waals surface area (Å²) in [5.41, 5.74) is 0. The number of hydrogen-bond donors (Lipinski definition) is 2. The van der Waals surface area contributed by atoms with E-state index in [2.05, 4.69) is 12.2 Å². The molecule has 2 unspecified atom stereocenters. The molecule has 4 heteroatoms. The van der Waals surface area contributed by atoms with Crippen LogP contribution in [0.25, 0.3) is 0 Å². The predicted molar refractivity (Wildman–Crippen MR) is 53.3 cm³/mol. The fourth-order valence-corrected chi connectivity index (χ4v) is 2.55. The molecular formula is C10H18N2O2. The molecule has 80 valence electrons. The fourth-order valence-electron chi connectivity index (χ4n) is 2.55. The van der Waals surface area contributed by atoms with Crippen molar-refractivity contribution in [3.05, 3.63) is 0 Å². The average Bonchev–Trinajstić information content (AvgIpc) is 2.61. The molecule has 2 rings (SSSR count). The van der Waals surface area contributed by atoms with Crippen molar-refractivity contribution in [2.75, 3.05) is 19.6 Å². The number of hydrogen-bond acceptors (Lipinski definition) is 2. The van der Waals surface area contributed by atoms with Crippen LogP contribution in [0.15, 0.2) is 0 Å². The van der Waals surface area contributed by atoms with Crippen molar-refractivity contribution in [2.24, 2.45) is 11.8 Å². The lowest BCUT2D eigenvalue weighted by atomic mass is 10.3. The van der Waals surface area contributed by atoms with Crippen LogP contribution in [0.4, 0.5) is 4.79 Å². The summed E-state index contributed by atoms with van der Waals surface area (Å²) in [5, 5.41) is 12.4. The molecule has 1 amide bonds. The molecule has 0 radical (unpaired) electrons. The van der Waals surface area contributed by atoms with Crippen molar-refractivity contribution in [1.29, 1.82) is 0 Å². The van der Waals surface area contributed by atoms with Gasteiger partial charge in [0.2, 0.25) is 0 Å². The Labute approximate surface area is 84.3 Å². The zero-order chi connectivity index (χ0) is 10.1. The number of rotatable bonds is 4. The second-order valence-electron chi connectivity index (χ2n) is 4.31. The molecule has 2 fully saturated rings. The summed E-state index contributed by atoms with van der Waals surface area (Å²) >= 11 is 0. The lowest BCUT2D eigenvalue weighted by molar-refractivity contribution is 0.135. The van der Waals surface area contributed by atoms with Gasteiger partial charge in [0.05, 0.1) is 0 Å². The maximum Gasteiger partial charge on any atom is 0.407 e. The normalized spacial score (nSPS) is 33.9. The van der Waals surface area contributed by atoms with Crippen LogP contribution in [0.3, 0.4) is 0 Å².